The first-order valence-corrected chi connectivity index (χ1v) is 12.8. The number of amides is 1. The van der Waals surface area contributed by atoms with Crippen molar-refractivity contribution in [2.45, 2.75) is 50.0 Å². The summed E-state index contributed by atoms with van der Waals surface area (Å²) in [5.74, 6) is 1.15. The first-order chi connectivity index (χ1) is 18.5. The predicted octanol–water partition coefficient (Wildman–Crippen LogP) is 1.96. The number of methoxy groups -OCH3 is 1. The Balaban J connectivity index is 1.15. The van der Waals surface area contributed by atoms with Crippen LogP contribution in [0, 0.1) is 0 Å². The number of pyridine rings is 1. The molecular formula is C26H31N9O3. The van der Waals surface area contributed by atoms with Crippen LogP contribution in [0.2, 0.25) is 0 Å². The quantitative estimate of drug-likeness (QED) is 0.498. The molecule has 3 aliphatic rings. The number of nitrogens with zero attached hydrogens (tertiary/aromatic N) is 8. The van der Waals surface area contributed by atoms with Gasteiger partial charge < -0.3 is 25.1 Å². The monoisotopic (exact) mass is 517 g/mol. The van der Waals surface area contributed by atoms with Gasteiger partial charge in [0, 0.05) is 57.6 Å². The van der Waals surface area contributed by atoms with E-state index < -0.39 is 6.23 Å². The SMILES string of the molecule is COC1CCN(C(=O)Cn2cc(C3ON=C(C4(c5ccc(-c6cnc(N)nc6)nc5)CCC4)N3C)cn2)C1. The normalized spacial score (nSPS) is 22.2. The zero-order valence-electron chi connectivity index (χ0n) is 21.5. The second kappa shape index (κ2) is 9.67. The molecule has 0 aromatic carbocycles. The van der Waals surface area contributed by atoms with E-state index in [0.29, 0.717) is 13.1 Å². The number of rotatable bonds is 7. The number of hydrogen-bond acceptors (Lipinski definition) is 10. The second-order valence-electron chi connectivity index (χ2n) is 10.1. The van der Waals surface area contributed by atoms with Gasteiger partial charge in [0.15, 0.2) is 5.84 Å². The lowest BCUT2D eigenvalue weighted by Crippen LogP contribution is -2.48. The first-order valence-electron chi connectivity index (χ1n) is 12.8. The van der Waals surface area contributed by atoms with Gasteiger partial charge in [-0.1, -0.05) is 17.6 Å². The maximum atomic E-state index is 12.7. The highest BCUT2D eigenvalue weighted by molar-refractivity contribution is 5.94. The van der Waals surface area contributed by atoms with Gasteiger partial charge in [0.25, 0.3) is 0 Å². The fourth-order valence-corrected chi connectivity index (χ4v) is 5.52. The summed E-state index contributed by atoms with van der Waals surface area (Å²) in [6.45, 7) is 1.52. The summed E-state index contributed by atoms with van der Waals surface area (Å²) < 4.78 is 7.04. The van der Waals surface area contributed by atoms with E-state index in [0.717, 1.165) is 53.9 Å². The molecule has 2 atom stereocenters. The number of oxime groups is 1. The molecular weight excluding hydrogens is 486 g/mol. The number of nitrogen functional groups attached to an aromatic ring is 1. The molecule has 38 heavy (non-hydrogen) atoms. The summed E-state index contributed by atoms with van der Waals surface area (Å²) in [5.41, 5.74) is 8.89. The van der Waals surface area contributed by atoms with E-state index in [2.05, 4.69) is 36.2 Å². The molecule has 198 valence electrons. The van der Waals surface area contributed by atoms with E-state index in [1.54, 1.807) is 30.4 Å². The molecule has 1 saturated carbocycles. The van der Waals surface area contributed by atoms with E-state index >= 15 is 0 Å². The molecule has 1 amide bonds. The highest BCUT2D eigenvalue weighted by Gasteiger charge is 2.49. The summed E-state index contributed by atoms with van der Waals surface area (Å²) in [6.07, 6.45) is 12.5. The fraction of sp³-hybridized carbons (Fsp3) is 0.462. The van der Waals surface area contributed by atoms with Crippen LogP contribution in [0.25, 0.3) is 11.3 Å². The van der Waals surface area contributed by atoms with Crippen LogP contribution in [-0.2, 0) is 26.3 Å². The van der Waals surface area contributed by atoms with Gasteiger partial charge in [0.05, 0.1) is 29.0 Å². The van der Waals surface area contributed by atoms with Gasteiger partial charge in [0.1, 0.15) is 6.54 Å². The van der Waals surface area contributed by atoms with Crippen LogP contribution in [0.3, 0.4) is 0 Å². The molecule has 0 radical (unpaired) electrons. The number of aromatic nitrogens is 5. The van der Waals surface area contributed by atoms with Gasteiger partial charge in [-0.25, -0.2) is 9.97 Å². The van der Waals surface area contributed by atoms with Crippen molar-refractivity contribution in [2.75, 3.05) is 33.0 Å². The van der Waals surface area contributed by atoms with Crippen molar-refractivity contribution >= 4 is 17.7 Å². The number of amidine groups is 1. The molecule has 0 bridgehead atoms. The highest BCUT2D eigenvalue weighted by Crippen LogP contribution is 2.48. The standard InChI is InChI=1S/C26H31N9O3/c1-33-23(18-12-31-35(14-18)16-22(36)34-9-6-20(15-34)37-2)38-32-24(33)26(7-3-8-26)19-4-5-21(28-13-19)17-10-29-25(27)30-11-17/h4-5,10-14,20,23H,3,6-9,15-16H2,1-2H3,(H2,27,29,30). The van der Waals surface area contributed by atoms with Crippen molar-refractivity contribution < 1.29 is 14.4 Å². The molecule has 2 fully saturated rings. The number of hydrogen-bond donors (Lipinski definition) is 1. The summed E-state index contributed by atoms with van der Waals surface area (Å²) in [6, 6.07) is 4.08. The second-order valence-corrected chi connectivity index (χ2v) is 10.1. The van der Waals surface area contributed by atoms with Gasteiger partial charge >= 0.3 is 0 Å². The van der Waals surface area contributed by atoms with E-state index in [1.807, 2.05) is 30.4 Å². The smallest absolute Gasteiger partial charge is 0.244 e. The largest absolute Gasteiger partial charge is 0.380 e. The van der Waals surface area contributed by atoms with Gasteiger partial charge in [-0.2, -0.15) is 5.10 Å². The Morgan fingerprint density at radius 1 is 1.18 bits per heavy atom. The minimum Gasteiger partial charge on any atom is -0.380 e. The minimum absolute atomic E-state index is 0.0340. The van der Waals surface area contributed by atoms with Crippen LogP contribution < -0.4 is 5.73 Å². The first kappa shape index (κ1) is 24.3. The molecule has 3 aromatic heterocycles. The summed E-state index contributed by atoms with van der Waals surface area (Å²) in [5, 5.41) is 8.96. The number of likely N-dealkylation sites (N-methyl/N-ethyl adjacent to an activating group) is 1. The van der Waals surface area contributed by atoms with Gasteiger partial charge in [-0.15, -0.1) is 0 Å². The molecule has 3 aromatic rings. The van der Waals surface area contributed by atoms with Crippen LogP contribution >= 0.6 is 0 Å². The minimum atomic E-state index is -0.407. The average molecular weight is 518 g/mol. The lowest BCUT2D eigenvalue weighted by atomic mass is 9.63. The molecule has 1 saturated heterocycles. The molecule has 0 spiro atoms. The fourth-order valence-electron chi connectivity index (χ4n) is 5.52. The molecule has 2 aliphatic heterocycles. The van der Waals surface area contributed by atoms with Crippen LogP contribution in [-0.4, -0.2) is 79.6 Å². The number of likely N-dealkylation sites (tertiary alicyclic amines) is 1. The molecule has 1 aliphatic carbocycles. The Morgan fingerprint density at radius 3 is 2.66 bits per heavy atom. The zero-order valence-corrected chi connectivity index (χ0v) is 21.5. The van der Waals surface area contributed by atoms with E-state index in [4.69, 9.17) is 15.3 Å². The maximum absolute atomic E-state index is 12.7. The number of ether oxygens (including phenoxy) is 1. The number of anilines is 1. The molecule has 5 heterocycles. The third-order valence-corrected chi connectivity index (χ3v) is 7.91. The van der Waals surface area contributed by atoms with Crippen molar-refractivity contribution in [1.82, 2.24) is 34.5 Å². The Kier molecular flexibility index (Phi) is 6.18. The van der Waals surface area contributed by atoms with Crippen LogP contribution in [0.4, 0.5) is 5.95 Å². The number of carbonyl (C=O) groups excluding carboxylic acids is 1. The van der Waals surface area contributed by atoms with E-state index in [-0.39, 0.29) is 29.9 Å². The van der Waals surface area contributed by atoms with Crippen molar-refractivity contribution in [1.29, 1.82) is 0 Å². The molecule has 12 nitrogen and oxygen atoms in total. The van der Waals surface area contributed by atoms with Crippen molar-refractivity contribution in [2.24, 2.45) is 5.16 Å². The van der Waals surface area contributed by atoms with E-state index in [9.17, 15) is 4.79 Å². The van der Waals surface area contributed by atoms with Crippen molar-refractivity contribution in [3.8, 4) is 11.3 Å². The molecule has 2 unspecified atom stereocenters. The topological polar surface area (TPSA) is 137 Å². The van der Waals surface area contributed by atoms with Crippen molar-refractivity contribution in [3.63, 3.8) is 0 Å². The van der Waals surface area contributed by atoms with Gasteiger partial charge in [-0.3, -0.25) is 14.5 Å². The Bertz CT molecular complexity index is 1330. The van der Waals surface area contributed by atoms with Crippen LogP contribution in [0.15, 0.2) is 48.3 Å². The number of nitrogens with two attached hydrogens (primary N) is 1. The predicted molar refractivity (Wildman–Crippen MR) is 138 cm³/mol. The van der Waals surface area contributed by atoms with Crippen LogP contribution in [0.5, 0.6) is 0 Å². The van der Waals surface area contributed by atoms with E-state index in [1.165, 1.54) is 0 Å². The third kappa shape index (κ3) is 4.24. The lowest BCUT2D eigenvalue weighted by Gasteiger charge is -2.43. The maximum Gasteiger partial charge on any atom is 0.244 e. The van der Waals surface area contributed by atoms with Crippen molar-refractivity contribution in [3.05, 3.63) is 54.2 Å². The molecule has 2 N–H and O–H groups in total. The Hall–Kier alpha value is -4.06. The Morgan fingerprint density at radius 2 is 2.00 bits per heavy atom. The third-order valence-electron chi connectivity index (χ3n) is 7.91. The summed E-state index contributed by atoms with van der Waals surface area (Å²) >= 11 is 0. The molecule has 12 heteroatoms. The van der Waals surface area contributed by atoms with Crippen LogP contribution in [0.1, 0.15) is 43.0 Å². The molecule has 6 rings (SSSR count). The summed E-state index contributed by atoms with van der Waals surface area (Å²) in [4.78, 5) is 35.3. The lowest BCUT2D eigenvalue weighted by molar-refractivity contribution is -0.131. The number of carbonyl (C=O) groups is 1. The zero-order chi connectivity index (χ0) is 26.3. The Labute approximate surface area is 220 Å². The highest BCUT2D eigenvalue weighted by atomic mass is 16.7. The average Bonchev–Trinajstić information content (AvgIpc) is 3.65. The summed E-state index contributed by atoms with van der Waals surface area (Å²) in [7, 11) is 3.67. The van der Waals surface area contributed by atoms with Gasteiger partial charge in [-0.05, 0) is 30.9 Å². The van der Waals surface area contributed by atoms with Gasteiger partial charge in [0.2, 0.25) is 18.1 Å².